The number of carbonyl (C=O) groups excluding carboxylic acids is 1. The standard InChI is InChI=1S/C19H30N4O2S.HI/c1-20-19(21-10-3-4-12-26-2)22-14-15-7-5-8-16(13-15)23-18(24)17-9-6-11-25-17;/h5,7-8,13,17H,3-4,6,9-12,14H2,1-2H3,(H,23,24)(H2,20,21,22);1H. The lowest BCUT2D eigenvalue weighted by molar-refractivity contribution is -0.124. The first-order valence-corrected chi connectivity index (χ1v) is 10.6. The third-order valence-electron chi connectivity index (χ3n) is 4.17. The van der Waals surface area contributed by atoms with E-state index in [4.69, 9.17) is 4.74 Å². The number of ether oxygens (including phenoxy) is 1. The van der Waals surface area contributed by atoms with E-state index >= 15 is 0 Å². The van der Waals surface area contributed by atoms with Crippen LogP contribution >= 0.6 is 35.7 Å². The lowest BCUT2D eigenvalue weighted by atomic mass is 10.2. The minimum atomic E-state index is -0.314. The molecule has 6 nitrogen and oxygen atoms in total. The van der Waals surface area contributed by atoms with E-state index < -0.39 is 0 Å². The Morgan fingerprint density at radius 3 is 2.89 bits per heavy atom. The van der Waals surface area contributed by atoms with Gasteiger partial charge in [-0.25, -0.2) is 0 Å². The lowest BCUT2D eigenvalue weighted by Gasteiger charge is -2.13. The van der Waals surface area contributed by atoms with Crippen LogP contribution in [0.15, 0.2) is 29.3 Å². The summed E-state index contributed by atoms with van der Waals surface area (Å²) < 4.78 is 5.42. The van der Waals surface area contributed by atoms with Crippen LogP contribution in [-0.4, -0.2) is 50.2 Å². The zero-order chi connectivity index (χ0) is 18.6. The number of rotatable bonds is 9. The van der Waals surface area contributed by atoms with E-state index in [2.05, 4.69) is 27.2 Å². The maximum Gasteiger partial charge on any atom is 0.253 e. The molecule has 1 unspecified atom stereocenters. The predicted molar refractivity (Wildman–Crippen MR) is 125 cm³/mol. The summed E-state index contributed by atoms with van der Waals surface area (Å²) in [4.78, 5) is 16.4. The third kappa shape index (κ3) is 9.16. The molecule has 0 saturated carbocycles. The molecule has 27 heavy (non-hydrogen) atoms. The molecule has 1 aliphatic heterocycles. The molecule has 0 radical (unpaired) electrons. The van der Waals surface area contributed by atoms with Gasteiger partial charge in [0.25, 0.3) is 5.91 Å². The van der Waals surface area contributed by atoms with Crippen molar-refractivity contribution in [2.24, 2.45) is 4.99 Å². The molecule has 0 spiro atoms. The fraction of sp³-hybridized carbons (Fsp3) is 0.579. The van der Waals surface area contributed by atoms with Crippen molar-refractivity contribution in [1.82, 2.24) is 10.6 Å². The van der Waals surface area contributed by atoms with E-state index in [0.29, 0.717) is 13.2 Å². The summed E-state index contributed by atoms with van der Waals surface area (Å²) >= 11 is 1.88. The first-order chi connectivity index (χ1) is 12.7. The van der Waals surface area contributed by atoms with Gasteiger partial charge in [0.05, 0.1) is 0 Å². The molecule has 0 bridgehead atoms. The first-order valence-electron chi connectivity index (χ1n) is 9.18. The Kier molecular flexibility index (Phi) is 12.5. The molecular formula is C19H31IN4O2S. The number of unbranched alkanes of at least 4 members (excludes halogenated alkanes) is 1. The molecule has 8 heteroatoms. The topological polar surface area (TPSA) is 74.8 Å². The Morgan fingerprint density at radius 2 is 2.19 bits per heavy atom. The number of benzene rings is 1. The Labute approximate surface area is 183 Å². The molecule has 0 aromatic heterocycles. The Balaban J connectivity index is 0.00000364. The minimum Gasteiger partial charge on any atom is -0.368 e. The molecule has 1 aromatic rings. The second kappa shape index (κ2) is 14.1. The number of hydrogen-bond acceptors (Lipinski definition) is 4. The summed E-state index contributed by atoms with van der Waals surface area (Å²) in [5.74, 6) is 1.93. The highest BCUT2D eigenvalue weighted by Gasteiger charge is 2.23. The fourth-order valence-electron chi connectivity index (χ4n) is 2.75. The van der Waals surface area contributed by atoms with Crippen LogP contribution in [0.25, 0.3) is 0 Å². The molecule has 0 aliphatic carbocycles. The summed E-state index contributed by atoms with van der Waals surface area (Å²) in [5.41, 5.74) is 1.88. The third-order valence-corrected chi connectivity index (χ3v) is 4.86. The lowest BCUT2D eigenvalue weighted by Crippen LogP contribution is -2.37. The Hall–Kier alpha value is -1.00. The van der Waals surface area contributed by atoms with Crippen LogP contribution in [0.1, 0.15) is 31.2 Å². The number of amides is 1. The van der Waals surface area contributed by atoms with Crippen LogP contribution < -0.4 is 16.0 Å². The van der Waals surface area contributed by atoms with Crippen LogP contribution in [0.4, 0.5) is 5.69 Å². The Bertz CT molecular complexity index is 595. The normalized spacial score (nSPS) is 16.5. The van der Waals surface area contributed by atoms with Crippen molar-refractivity contribution < 1.29 is 9.53 Å². The molecule has 2 rings (SSSR count). The second-order valence-corrected chi connectivity index (χ2v) is 7.23. The number of guanidine groups is 1. The molecule has 1 aliphatic rings. The molecule has 1 aromatic carbocycles. The monoisotopic (exact) mass is 506 g/mol. The summed E-state index contributed by atoms with van der Waals surface area (Å²) in [7, 11) is 1.77. The van der Waals surface area contributed by atoms with E-state index in [1.807, 2.05) is 36.0 Å². The van der Waals surface area contributed by atoms with Crippen molar-refractivity contribution in [3.05, 3.63) is 29.8 Å². The maximum absolute atomic E-state index is 12.1. The van der Waals surface area contributed by atoms with Crippen molar-refractivity contribution in [2.75, 3.05) is 37.5 Å². The number of nitrogens with zero attached hydrogens (tertiary/aromatic N) is 1. The number of halogens is 1. The fourth-order valence-corrected chi connectivity index (χ4v) is 3.24. The van der Waals surface area contributed by atoms with Crippen molar-refractivity contribution in [3.63, 3.8) is 0 Å². The molecule has 1 amide bonds. The van der Waals surface area contributed by atoms with Gasteiger partial charge in [0.2, 0.25) is 0 Å². The van der Waals surface area contributed by atoms with Gasteiger partial charge in [0.15, 0.2) is 5.96 Å². The van der Waals surface area contributed by atoms with Gasteiger partial charge in [-0.05, 0) is 55.4 Å². The van der Waals surface area contributed by atoms with Crippen molar-refractivity contribution in [2.45, 2.75) is 38.3 Å². The van der Waals surface area contributed by atoms with Gasteiger partial charge in [-0.15, -0.1) is 24.0 Å². The van der Waals surface area contributed by atoms with Crippen molar-refractivity contribution >= 4 is 53.3 Å². The number of thioether (sulfide) groups is 1. The summed E-state index contributed by atoms with van der Waals surface area (Å²) in [5, 5.41) is 9.57. The Morgan fingerprint density at radius 1 is 1.33 bits per heavy atom. The van der Waals surface area contributed by atoms with Crippen LogP contribution in [0.2, 0.25) is 0 Å². The quantitative estimate of drug-likeness (QED) is 0.208. The number of aliphatic imine (C=N–C) groups is 1. The largest absolute Gasteiger partial charge is 0.368 e. The van der Waals surface area contributed by atoms with Gasteiger partial charge in [0.1, 0.15) is 6.10 Å². The minimum absolute atomic E-state index is 0. The smallest absolute Gasteiger partial charge is 0.253 e. The number of hydrogen-bond donors (Lipinski definition) is 3. The van der Waals surface area contributed by atoms with Crippen LogP contribution in [0, 0.1) is 0 Å². The van der Waals surface area contributed by atoms with E-state index in [0.717, 1.165) is 43.0 Å². The predicted octanol–water partition coefficient (Wildman–Crippen LogP) is 3.23. The van der Waals surface area contributed by atoms with Crippen molar-refractivity contribution in [3.8, 4) is 0 Å². The maximum atomic E-state index is 12.1. The molecule has 1 saturated heterocycles. The molecule has 1 atom stereocenters. The molecule has 1 heterocycles. The highest BCUT2D eigenvalue weighted by atomic mass is 127. The summed E-state index contributed by atoms with van der Waals surface area (Å²) in [6.07, 6.45) is 5.90. The van der Waals surface area contributed by atoms with Gasteiger partial charge >= 0.3 is 0 Å². The zero-order valence-corrected chi connectivity index (χ0v) is 19.3. The van der Waals surface area contributed by atoms with Gasteiger partial charge in [-0.3, -0.25) is 9.79 Å². The van der Waals surface area contributed by atoms with Gasteiger partial charge in [0, 0.05) is 32.4 Å². The second-order valence-electron chi connectivity index (χ2n) is 6.24. The van der Waals surface area contributed by atoms with E-state index in [1.54, 1.807) is 7.05 Å². The molecule has 1 fully saturated rings. The average Bonchev–Trinajstić information content (AvgIpc) is 3.19. The van der Waals surface area contributed by atoms with E-state index in [9.17, 15) is 4.79 Å². The van der Waals surface area contributed by atoms with Crippen LogP contribution in [0.5, 0.6) is 0 Å². The number of carbonyl (C=O) groups is 1. The summed E-state index contributed by atoms with van der Waals surface area (Å²) in [6, 6.07) is 7.85. The van der Waals surface area contributed by atoms with Gasteiger partial charge in [-0.1, -0.05) is 12.1 Å². The molecular weight excluding hydrogens is 475 g/mol. The van der Waals surface area contributed by atoms with E-state index in [1.165, 1.54) is 12.2 Å². The van der Waals surface area contributed by atoms with Crippen LogP contribution in [0.3, 0.4) is 0 Å². The van der Waals surface area contributed by atoms with Gasteiger partial charge in [-0.2, -0.15) is 11.8 Å². The molecule has 3 N–H and O–H groups in total. The highest BCUT2D eigenvalue weighted by molar-refractivity contribution is 14.0. The number of anilines is 1. The summed E-state index contributed by atoms with van der Waals surface area (Å²) in [6.45, 7) is 2.23. The van der Waals surface area contributed by atoms with Gasteiger partial charge < -0.3 is 20.7 Å². The van der Waals surface area contributed by atoms with Crippen molar-refractivity contribution in [1.29, 1.82) is 0 Å². The molecule has 152 valence electrons. The first kappa shape index (κ1) is 24.0. The number of nitrogens with one attached hydrogen (secondary N) is 3. The highest BCUT2D eigenvalue weighted by Crippen LogP contribution is 2.16. The van der Waals surface area contributed by atoms with Crippen LogP contribution in [-0.2, 0) is 16.1 Å². The van der Waals surface area contributed by atoms with E-state index in [-0.39, 0.29) is 36.0 Å². The zero-order valence-electron chi connectivity index (χ0n) is 16.1. The SMILES string of the molecule is CN=C(NCCCCSC)NCc1cccc(NC(=O)C2CCCO2)c1.I. The average molecular weight is 506 g/mol.